The Labute approximate surface area is 208 Å². The molecule has 1 saturated carbocycles. The Morgan fingerprint density at radius 3 is 2.54 bits per heavy atom. The first-order chi connectivity index (χ1) is 16.6. The Kier molecular flexibility index (Phi) is 7.15. The van der Waals surface area contributed by atoms with Crippen LogP contribution >= 0.6 is 0 Å². The smallest absolute Gasteiger partial charge is 0.247 e. The third kappa shape index (κ3) is 6.18. The minimum absolute atomic E-state index is 0.311. The van der Waals surface area contributed by atoms with E-state index in [0.29, 0.717) is 54.3 Å². The van der Waals surface area contributed by atoms with E-state index in [0.717, 1.165) is 11.1 Å². The Morgan fingerprint density at radius 2 is 1.91 bits per heavy atom. The Hall–Kier alpha value is -2.97. The van der Waals surface area contributed by atoms with Gasteiger partial charge in [-0.3, -0.25) is 4.31 Å². The summed E-state index contributed by atoms with van der Waals surface area (Å²) in [4.78, 5) is 0. The number of sulfonamides is 1. The van der Waals surface area contributed by atoms with E-state index in [2.05, 4.69) is 23.2 Å². The summed E-state index contributed by atoms with van der Waals surface area (Å²) < 4.78 is 32.6. The molecule has 0 aliphatic heterocycles. The van der Waals surface area contributed by atoms with Gasteiger partial charge in [-0.25, -0.2) is 8.42 Å². The molecule has 35 heavy (non-hydrogen) atoms. The molecule has 7 nitrogen and oxygen atoms in total. The van der Waals surface area contributed by atoms with Crippen molar-refractivity contribution in [3.05, 3.63) is 71.6 Å². The molecule has 1 aliphatic carbocycles. The molecule has 2 aromatic carbocycles. The van der Waals surface area contributed by atoms with Gasteiger partial charge in [0.15, 0.2) is 0 Å². The molecular formula is C27H34N4O3S. The molecule has 3 atom stereocenters. The van der Waals surface area contributed by atoms with Gasteiger partial charge in [-0.05, 0) is 67.3 Å². The maximum absolute atomic E-state index is 12.5. The normalized spacial score (nSPS) is 19.6. The summed E-state index contributed by atoms with van der Waals surface area (Å²) in [6.45, 7) is 6.43. The number of nitrogens with two attached hydrogens (primary N) is 1. The van der Waals surface area contributed by atoms with Crippen molar-refractivity contribution in [2.24, 2.45) is 17.6 Å². The zero-order valence-electron chi connectivity index (χ0n) is 20.8. The van der Waals surface area contributed by atoms with Gasteiger partial charge in [0.2, 0.25) is 21.8 Å². The number of anilines is 1. The number of benzene rings is 2. The van der Waals surface area contributed by atoms with Crippen LogP contribution < -0.4 is 10.0 Å². The average molecular weight is 495 g/mol. The fourth-order valence-corrected chi connectivity index (χ4v) is 5.21. The number of aromatic nitrogens is 2. The van der Waals surface area contributed by atoms with Crippen LogP contribution in [-0.4, -0.2) is 31.4 Å². The molecule has 1 fully saturated rings. The van der Waals surface area contributed by atoms with Crippen molar-refractivity contribution in [3.8, 4) is 11.5 Å². The number of hydrogen-bond acceptors (Lipinski definition) is 6. The first kappa shape index (κ1) is 25.1. The van der Waals surface area contributed by atoms with E-state index in [4.69, 9.17) is 10.2 Å². The van der Waals surface area contributed by atoms with Gasteiger partial charge < -0.3 is 10.2 Å². The van der Waals surface area contributed by atoms with Crippen molar-refractivity contribution >= 4 is 21.8 Å². The molecule has 2 unspecified atom stereocenters. The number of hydrogen-bond donors (Lipinski definition) is 1. The standard InChI is InChI=1S/C27H34N4O3S/c1-5-13-31(35(4,32)33)24-16-21(11-12-22-14-19(22)2)15-23(17-24)25-29-30-26(34-25)27(3,28)18-20-9-7-6-8-10-20/h6-12,15-17,19,22H,5,13-14,18,28H2,1-4H3/b12-11-/t19?,22?,27-/m1/s1. The highest BCUT2D eigenvalue weighted by Gasteiger charge is 2.30. The van der Waals surface area contributed by atoms with Crippen LogP contribution in [0, 0.1) is 11.8 Å². The molecular weight excluding hydrogens is 460 g/mol. The topological polar surface area (TPSA) is 102 Å². The second-order valence-electron chi connectivity index (χ2n) is 9.88. The van der Waals surface area contributed by atoms with Crippen molar-refractivity contribution in [1.29, 1.82) is 0 Å². The van der Waals surface area contributed by atoms with E-state index >= 15 is 0 Å². The molecule has 1 aliphatic rings. The highest BCUT2D eigenvalue weighted by molar-refractivity contribution is 7.92. The zero-order valence-corrected chi connectivity index (χ0v) is 21.6. The second-order valence-corrected chi connectivity index (χ2v) is 11.8. The fourth-order valence-electron chi connectivity index (χ4n) is 4.21. The Bertz CT molecular complexity index is 1300. The molecule has 0 saturated heterocycles. The van der Waals surface area contributed by atoms with Crippen molar-refractivity contribution in [1.82, 2.24) is 10.2 Å². The summed E-state index contributed by atoms with van der Waals surface area (Å²) in [5.41, 5.74) is 8.92. The van der Waals surface area contributed by atoms with Crippen LogP contribution in [0.3, 0.4) is 0 Å². The molecule has 0 spiro atoms. The molecule has 2 N–H and O–H groups in total. The van der Waals surface area contributed by atoms with E-state index < -0.39 is 15.6 Å². The summed E-state index contributed by atoms with van der Waals surface area (Å²) in [6.07, 6.45) is 7.88. The van der Waals surface area contributed by atoms with Crippen LogP contribution in [0.1, 0.15) is 50.6 Å². The van der Waals surface area contributed by atoms with Gasteiger partial charge in [0.05, 0.1) is 17.5 Å². The van der Waals surface area contributed by atoms with Gasteiger partial charge in [0.25, 0.3) is 0 Å². The molecule has 0 bridgehead atoms. The third-order valence-electron chi connectivity index (χ3n) is 6.34. The molecule has 0 radical (unpaired) electrons. The number of allylic oxidation sites excluding steroid dienone is 1. The van der Waals surface area contributed by atoms with Crippen LogP contribution in [-0.2, 0) is 22.0 Å². The SMILES string of the molecule is CCCN(c1cc(/C=C\C2CC2C)cc(-c2nnc([C@](C)(N)Cc3ccccc3)o2)c1)S(C)(=O)=O. The Balaban J connectivity index is 1.70. The van der Waals surface area contributed by atoms with Crippen molar-refractivity contribution in [2.75, 3.05) is 17.1 Å². The van der Waals surface area contributed by atoms with Crippen LogP contribution in [0.15, 0.2) is 59.0 Å². The van der Waals surface area contributed by atoms with Gasteiger partial charge in [0, 0.05) is 12.1 Å². The second kappa shape index (κ2) is 9.95. The van der Waals surface area contributed by atoms with Gasteiger partial charge >= 0.3 is 0 Å². The van der Waals surface area contributed by atoms with Crippen LogP contribution in [0.4, 0.5) is 5.69 Å². The summed E-state index contributed by atoms with van der Waals surface area (Å²) in [5.74, 6) is 1.90. The third-order valence-corrected chi connectivity index (χ3v) is 7.53. The van der Waals surface area contributed by atoms with Crippen molar-refractivity contribution in [3.63, 3.8) is 0 Å². The number of rotatable bonds is 10. The van der Waals surface area contributed by atoms with Crippen LogP contribution in [0.5, 0.6) is 0 Å². The van der Waals surface area contributed by atoms with Gasteiger partial charge in [-0.15, -0.1) is 10.2 Å². The van der Waals surface area contributed by atoms with E-state index in [9.17, 15) is 8.42 Å². The minimum atomic E-state index is -3.45. The Morgan fingerprint density at radius 1 is 1.20 bits per heavy atom. The van der Waals surface area contributed by atoms with Crippen LogP contribution in [0.2, 0.25) is 0 Å². The van der Waals surface area contributed by atoms with Gasteiger partial charge in [-0.2, -0.15) is 0 Å². The molecule has 1 heterocycles. The van der Waals surface area contributed by atoms with E-state index in [1.54, 1.807) is 6.07 Å². The first-order valence-corrected chi connectivity index (χ1v) is 13.9. The maximum atomic E-state index is 12.5. The lowest BCUT2D eigenvalue weighted by Crippen LogP contribution is -2.35. The molecule has 8 heteroatoms. The zero-order chi connectivity index (χ0) is 25.2. The largest absolute Gasteiger partial charge is 0.419 e. The summed E-state index contributed by atoms with van der Waals surface area (Å²) in [7, 11) is -3.45. The van der Waals surface area contributed by atoms with Crippen molar-refractivity contribution in [2.45, 2.75) is 45.6 Å². The molecule has 0 amide bonds. The molecule has 3 aromatic rings. The van der Waals surface area contributed by atoms with E-state index in [1.165, 1.54) is 17.0 Å². The highest BCUT2D eigenvalue weighted by Crippen LogP contribution is 2.39. The van der Waals surface area contributed by atoms with Gasteiger partial charge in [-0.1, -0.05) is 56.3 Å². The first-order valence-electron chi connectivity index (χ1n) is 12.0. The lowest BCUT2D eigenvalue weighted by molar-refractivity contribution is 0.355. The summed E-state index contributed by atoms with van der Waals surface area (Å²) >= 11 is 0. The predicted molar refractivity (Wildman–Crippen MR) is 140 cm³/mol. The average Bonchev–Trinajstić information content (AvgIpc) is 3.28. The lowest BCUT2D eigenvalue weighted by atomic mass is 9.94. The summed E-state index contributed by atoms with van der Waals surface area (Å²) in [6, 6.07) is 15.6. The minimum Gasteiger partial charge on any atom is -0.419 e. The maximum Gasteiger partial charge on any atom is 0.247 e. The molecule has 1 aromatic heterocycles. The molecule has 186 valence electrons. The van der Waals surface area contributed by atoms with Crippen LogP contribution in [0.25, 0.3) is 17.5 Å². The van der Waals surface area contributed by atoms with E-state index in [1.807, 2.05) is 62.4 Å². The van der Waals surface area contributed by atoms with Crippen molar-refractivity contribution < 1.29 is 12.8 Å². The fraction of sp³-hybridized carbons (Fsp3) is 0.407. The number of nitrogens with zero attached hydrogens (tertiary/aromatic N) is 3. The van der Waals surface area contributed by atoms with Gasteiger partial charge in [0.1, 0.15) is 0 Å². The monoisotopic (exact) mass is 494 g/mol. The highest BCUT2D eigenvalue weighted by atomic mass is 32.2. The lowest BCUT2D eigenvalue weighted by Gasteiger charge is -2.22. The molecule has 4 rings (SSSR count). The summed E-state index contributed by atoms with van der Waals surface area (Å²) in [5, 5.41) is 8.53. The quantitative estimate of drug-likeness (QED) is 0.426. The predicted octanol–water partition coefficient (Wildman–Crippen LogP) is 5.00. The van der Waals surface area contributed by atoms with E-state index in [-0.39, 0.29) is 0 Å².